The van der Waals surface area contributed by atoms with E-state index in [0.717, 1.165) is 15.4 Å². The number of carbonyl (C=O) groups excluding carboxylic acids is 2. The van der Waals surface area contributed by atoms with E-state index in [9.17, 15) is 18.0 Å². The quantitative estimate of drug-likeness (QED) is 0.414. The van der Waals surface area contributed by atoms with Gasteiger partial charge in [0.1, 0.15) is 11.4 Å². The number of aryl methyl sites for hydroxylation is 1. The van der Waals surface area contributed by atoms with Gasteiger partial charge in [-0.15, -0.1) is 0 Å². The molecule has 1 aliphatic heterocycles. The fourth-order valence-corrected chi connectivity index (χ4v) is 5.78. The van der Waals surface area contributed by atoms with E-state index in [1.165, 1.54) is 17.0 Å². The molecule has 38 heavy (non-hydrogen) atoms. The van der Waals surface area contributed by atoms with Crippen LogP contribution in [0.15, 0.2) is 71.6 Å². The summed E-state index contributed by atoms with van der Waals surface area (Å²) in [6, 6.07) is 17.6. The standard InChI is InChI=1S/C28H31N3O6S/c1-4-36-24-15-12-21(18-25(24)37-5-2)16-17-29-27(32)19-30-23-8-6-7-9-26(23)38(34,35)31(28(30)33)22-13-10-20(3)11-14-22/h6-15,18H,4-5,16-17,19H2,1-3H3,(H,29,32). The molecule has 0 aliphatic carbocycles. The Morgan fingerprint density at radius 3 is 2.32 bits per heavy atom. The van der Waals surface area contributed by atoms with E-state index in [0.29, 0.717) is 37.7 Å². The Hall–Kier alpha value is -4.05. The molecule has 0 bridgehead atoms. The van der Waals surface area contributed by atoms with Crippen molar-refractivity contribution in [2.75, 3.05) is 35.5 Å². The van der Waals surface area contributed by atoms with Crippen LogP contribution in [0.5, 0.6) is 11.5 Å². The van der Waals surface area contributed by atoms with Crippen LogP contribution in [0.4, 0.5) is 16.2 Å². The fourth-order valence-electron chi connectivity index (χ4n) is 4.19. The van der Waals surface area contributed by atoms with Crippen LogP contribution in [0.3, 0.4) is 0 Å². The van der Waals surface area contributed by atoms with Gasteiger partial charge in [0.05, 0.1) is 24.6 Å². The van der Waals surface area contributed by atoms with Crippen molar-refractivity contribution in [2.24, 2.45) is 0 Å². The minimum atomic E-state index is -4.15. The molecule has 1 heterocycles. The zero-order chi connectivity index (χ0) is 27.3. The van der Waals surface area contributed by atoms with Gasteiger partial charge in [0.15, 0.2) is 11.5 Å². The smallest absolute Gasteiger partial charge is 0.343 e. The first-order valence-corrected chi connectivity index (χ1v) is 13.9. The first kappa shape index (κ1) is 27.0. The number of nitrogens with one attached hydrogen (secondary N) is 1. The second kappa shape index (κ2) is 11.6. The predicted octanol–water partition coefficient (Wildman–Crippen LogP) is 4.29. The van der Waals surface area contributed by atoms with Crippen LogP contribution in [0, 0.1) is 6.92 Å². The van der Waals surface area contributed by atoms with Crippen molar-refractivity contribution >= 4 is 33.3 Å². The molecule has 9 nitrogen and oxygen atoms in total. The number of benzene rings is 3. The summed E-state index contributed by atoms with van der Waals surface area (Å²) < 4.78 is 38.7. The number of ether oxygens (including phenoxy) is 2. The normalized spacial score (nSPS) is 14.1. The maximum Gasteiger partial charge on any atom is 0.343 e. The number of nitrogens with zero attached hydrogens (tertiary/aromatic N) is 2. The van der Waals surface area contributed by atoms with E-state index in [1.807, 2.05) is 39.0 Å². The van der Waals surface area contributed by atoms with Crippen molar-refractivity contribution in [2.45, 2.75) is 32.1 Å². The number of carbonyl (C=O) groups is 2. The molecule has 0 atom stereocenters. The number of fused-ring (bicyclic) bond motifs is 1. The van der Waals surface area contributed by atoms with Gasteiger partial charge in [0.2, 0.25) is 5.91 Å². The summed E-state index contributed by atoms with van der Waals surface area (Å²) >= 11 is 0. The Morgan fingerprint density at radius 2 is 1.61 bits per heavy atom. The molecule has 0 unspecified atom stereocenters. The van der Waals surface area contributed by atoms with Gasteiger partial charge >= 0.3 is 6.03 Å². The average Bonchev–Trinajstić information content (AvgIpc) is 2.89. The Balaban J connectivity index is 1.49. The summed E-state index contributed by atoms with van der Waals surface area (Å²) in [6.45, 7) is 6.68. The van der Waals surface area contributed by atoms with Crippen LogP contribution in [0.1, 0.15) is 25.0 Å². The Labute approximate surface area is 223 Å². The lowest BCUT2D eigenvalue weighted by Gasteiger charge is -2.35. The molecule has 1 N–H and O–H groups in total. The van der Waals surface area contributed by atoms with E-state index in [2.05, 4.69) is 5.32 Å². The number of amides is 3. The third-order valence-corrected chi connectivity index (χ3v) is 7.74. The van der Waals surface area contributed by atoms with Gasteiger partial charge in [0, 0.05) is 6.54 Å². The fraction of sp³-hybridized carbons (Fsp3) is 0.286. The number of sulfonamides is 1. The van der Waals surface area contributed by atoms with E-state index in [4.69, 9.17) is 9.47 Å². The van der Waals surface area contributed by atoms with Gasteiger partial charge in [-0.25, -0.2) is 13.2 Å². The molecule has 0 fully saturated rings. The maximum absolute atomic E-state index is 13.5. The molecule has 0 saturated heterocycles. The summed E-state index contributed by atoms with van der Waals surface area (Å²) in [5.74, 6) is 0.899. The minimum Gasteiger partial charge on any atom is -0.490 e. The summed E-state index contributed by atoms with van der Waals surface area (Å²) in [5.41, 5.74) is 2.26. The molecule has 10 heteroatoms. The number of anilines is 2. The van der Waals surface area contributed by atoms with Crippen LogP contribution in [0.2, 0.25) is 0 Å². The highest BCUT2D eigenvalue weighted by Crippen LogP contribution is 2.37. The first-order valence-electron chi connectivity index (χ1n) is 12.4. The number of hydrogen-bond acceptors (Lipinski definition) is 6. The molecule has 0 aromatic heterocycles. The molecule has 1 aliphatic rings. The number of rotatable bonds is 10. The molecular weight excluding hydrogens is 506 g/mol. The van der Waals surface area contributed by atoms with Crippen molar-refractivity contribution in [1.82, 2.24) is 5.32 Å². The van der Waals surface area contributed by atoms with E-state index in [1.54, 1.807) is 36.4 Å². The van der Waals surface area contributed by atoms with Gasteiger partial charge in [-0.2, -0.15) is 4.31 Å². The van der Waals surface area contributed by atoms with Gasteiger partial charge in [0.25, 0.3) is 10.0 Å². The monoisotopic (exact) mass is 537 g/mol. The topological polar surface area (TPSA) is 105 Å². The first-order chi connectivity index (χ1) is 18.3. The van der Waals surface area contributed by atoms with Crippen LogP contribution in [0.25, 0.3) is 0 Å². The molecule has 3 aromatic rings. The van der Waals surface area contributed by atoms with Crippen LogP contribution < -0.4 is 24.0 Å². The van der Waals surface area contributed by atoms with Crippen LogP contribution >= 0.6 is 0 Å². The lowest BCUT2D eigenvalue weighted by molar-refractivity contribution is -0.119. The van der Waals surface area contributed by atoms with Gasteiger partial charge in [-0.05, 0) is 69.2 Å². The minimum absolute atomic E-state index is 0.0363. The highest BCUT2D eigenvalue weighted by molar-refractivity contribution is 7.94. The van der Waals surface area contributed by atoms with E-state index < -0.39 is 22.0 Å². The van der Waals surface area contributed by atoms with Gasteiger partial charge in [-0.3, -0.25) is 9.69 Å². The maximum atomic E-state index is 13.5. The van der Waals surface area contributed by atoms with Crippen molar-refractivity contribution in [3.05, 3.63) is 77.9 Å². The Bertz CT molecular complexity index is 1420. The summed E-state index contributed by atoms with van der Waals surface area (Å²) in [7, 11) is -4.15. The molecule has 3 amide bonds. The van der Waals surface area contributed by atoms with Gasteiger partial charge < -0.3 is 14.8 Å². The number of para-hydroxylation sites is 1. The largest absolute Gasteiger partial charge is 0.490 e. The summed E-state index contributed by atoms with van der Waals surface area (Å²) in [6.07, 6.45) is 0.534. The third kappa shape index (κ3) is 5.60. The average molecular weight is 538 g/mol. The molecule has 0 radical (unpaired) electrons. The SMILES string of the molecule is CCOc1ccc(CCNC(=O)CN2C(=O)N(c3ccc(C)cc3)S(=O)(=O)c3ccccc32)cc1OCC. The molecule has 0 spiro atoms. The highest BCUT2D eigenvalue weighted by Gasteiger charge is 2.42. The van der Waals surface area contributed by atoms with E-state index >= 15 is 0 Å². The van der Waals surface area contributed by atoms with Crippen molar-refractivity contribution in [1.29, 1.82) is 0 Å². The Morgan fingerprint density at radius 1 is 0.921 bits per heavy atom. The summed E-state index contributed by atoms with van der Waals surface area (Å²) in [4.78, 5) is 27.5. The Kier molecular flexibility index (Phi) is 8.21. The lowest BCUT2D eigenvalue weighted by atomic mass is 10.1. The second-order valence-corrected chi connectivity index (χ2v) is 10.4. The van der Waals surface area contributed by atoms with E-state index in [-0.39, 0.29) is 22.8 Å². The molecule has 4 rings (SSSR count). The van der Waals surface area contributed by atoms with Crippen molar-refractivity contribution in [3.8, 4) is 11.5 Å². The van der Waals surface area contributed by atoms with Gasteiger partial charge in [-0.1, -0.05) is 35.9 Å². The molecular formula is C28H31N3O6S. The second-order valence-electron chi connectivity index (χ2n) is 8.69. The molecule has 3 aromatic carbocycles. The van der Waals surface area contributed by atoms with Crippen LogP contribution in [-0.2, 0) is 21.2 Å². The molecule has 0 saturated carbocycles. The van der Waals surface area contributed by atoms with Crippen LogP contribution in [-0.4, -0.2) is 46.7 Å². The van der Waals surface area contributed by atoms with Crippen molar-refractivity contribution in [3.63, 3.8) is 0 Å². The third-order valence-electron chi connectivity index (χ3n) is 5.99. The number of hydrogen-bond donors (Lipinski definition) is 1. The summed E-state index contributed by atoms with van der Waals surface area (Å²) in [5, 5.41) is 2.83. The molecule has 200 valence electrons. The predicted molar refractivity (Wildman–Crippen MR) is 146 cm³/mol. The highest BCUT2D eigenvalue weighted by atomic mass is 32.2. The van der Waals surface area contributed by atoms with Crippen molar-refractivity contribution < 1.29 is 27.5 Å². The lowest BCUT2D eigenvalue weighted by Crippen LogP contribution is -2.53. The zero-order valence-electron chi connectivity index (χ0n) is 21.6. The zero-order valence-corrected chi connectivity index (χ0v) is 22.5. The number of urea groups is 1.